The molecule has 0 spiro atoms. The van der Waals surface area contributed by atoms with Gasteiger partial charge in [0.05, 0.1) is 33.3 Å². The molecule has 1 unspecified atom stereocenters. The summed E-state index contributed by atoms with van der Waals surface area (Å²) in [4.78, 5) is 25.7. The zero-order valence-corrected chi connectivity index (χ0v) is 18.9. The number of carbonyl (C=O) groups is 2. The molecule has 0 bridgehead atoms. The number of ether oxygens (including phenoxy) is 5. The first kappa shape index (κ1) is 21.6. The Morgan fingerprint density at radius 2 is 1.68 bits per heavy atom. The first-order valence-electron chi connectivity index (χ1n) is 10.7. The first-order chi connectivity index (χ1) is 16.5. The number of hydrogen-bond acceptors (Lipinski definition) is 7. The molecule has 5 rings (SSSR count). The fourth-order valence-corrected chi connectivity index (χ4v) is 4.40. The van der Waals surface area contributed by atoms with Gasteiger partial charge in [0.15, 0.2) is 5.76 Å². The van der Waals surface area contributed by atoms with Crippen molar-refractivity contribution in [2.24, 2.45) is 0 Å². The molecule has 3 aromatic carbocycles. The van der Waals surface area contributed by atoms with E-state index in [0.29, 0.717) is 39.9 Å². The van der Waals surface area contributed by atoms with E-state index in [2.05, 4.69) is 0 Å². The van der Waals surface area contributed by atoms with Gasteiger partial charge in [0.25, 0.3) is 0 Å². The number of hydrogen-bond donors (Lipinski definition) is 0. The molecule has 1 atom stereocenters. The fourth-order valence-electron chi connectivity index (χ4n) is 4.40. The minimum Gasteiger partial charge on any atom is -0.497 e. The second kappa shape index (κ2) is 8.59. The average Bonchev–Trinajstić information content (AvgIpc) is 3.18. The Morgan fingerprint density at radius 3 is 2.44 bits per heavy atom. The number of fused-ring (bicyclic) bond motifs is 3. The Balaban J connectivity index is 1.63. The Morgan fingerprint density at radius 1 is 0.882 bits per heavy atom. The van der Waals surface area contributed by atoms with Crippen LogP contribution in [0.5, 0.6) is 28.7 Å². The average molecular weight is 458 g/mol. The lowest BCUT2D eigenvalue weighted by Gasteiger charge is -2.27. The Bertz CT molecular complexity index is 1340. The van der Waals surface area contributed by atoms with Gasteiger partial charge in [0.1, 0.15) is 28.7 Å². The van der Waals surface area contributed by atoms with Crippen molar-refractivity contribution in [1.82, 2.24) is 0 Å². The van der Waals surface area contributed by atoms with Crippen LogP contribution >= 0.6 is 0 Å². The van der Waals surface area contributed by atoms with Crippen LogP contribution in [0.4, 0.5) is 0 Å². The van der Waals surface area contributed by atoms with Gasteiger partial charge in [-0.15, -0.1) is 0 Å². The monoisotopic (exact) mass is 458 g/mol. The molecule has 34 heavy (non-hydrogen) atoms. The van der Waals surface area contributed by atoms with Gasteiger partial charge in [-0.25, -0.2) is 0 Å². The predicted octanol–water partition coefficient (Wildman–Crippen LogP) is 4.77. The van der Waals surface area contributed by atoms with Crippen molar-refractivity contribution >= 4 is 17.8 Å². The van der Waals surface area contributed by atoms with E-state index in [0.717, 1.165) is 11.1 Å². The molecular weight excluding hydrogens is 436 g/mol. The van der Waals surface area contributed by atoms with Crippen LogP contribution in [0.25, 0.3) is 6.08 Å². The largest absolute Gasteiger partial charge is 0.497 e. The van der Waals surface area contributed by atoms with E-state index in [-0.39, 0.29) is 23.9 Å². The number of ketones is 1. The minimum atomic E-state index is -0.425. The summed E-state index contributed by atoms with van der Waals surface area (Å²) in [5, 5.41) is 0. The van der Waals surface area contributed by atoms with E-state index < -0.39 is 5.92 Å². The zero-order valence-electron chi connectivity index (χ0n) is 18.9. The number of para-hydroxylation sites is 1. The Kier molecular flexibility index (Phi) is 5.45. The maximum atomic E-state index is 13.2. The number of esters is 1. The summed E-state index contributed by atoms with van der Waals surface area (Å²) in [6, 6.07) is 16.0. The lowest BCUT2D eigenvalue weighted by molar-refractivity contribution is -0.135. The smallest absolute Gasteiger partial charge is 0.312 e. The summed E-state index contributed by atoms with van der Waals surface area (Å²) < 4.78 is 27.9. The maximum absolute atomic E-state index is 13.2. The number of benzene rings is 3. The van der Waals surface area contributed by atoms with Crippen LogP contribution in [-0.2, 0) is 4.79 Å². The number of methoxy groups -OCH3 is 3. The highest BCUT2D eigenvalue weighted by Crippen LogP contribution is 2.50. The Hall–Kier alpha value is -4.26. The summed E-state index contributed by atoms with van der Waals surface area (Å²) in [5.74, 6) is 1.70. The van der Waals surface area contributed by atoms with Crippen molar-refractivity contribution in [1.29, 1.82) is 0 Å². The zero-order chi connectivity index (χ0) is 23.8. The first-order valence-corrected chi connectivity index (χ1v) is 10.7. The number of rotatable bonds is 5. The molecule has 0 fully saturated rings. The van der Waals surface area contributed by atoms with Crippen molar-refractivity contribution in [3.63, 3.8) is 0 Å². The van der Waals surface area contributed by atoms with Gasteiger partial charge < -0.3 is 23.7 Å². The summed E-state index contributed by atoms with van der Waals surface area (Å²) in [6.07, 6.45) is 1.74. The van der Waals surface area contributed by atoms with Gasteiger partial charge >= 0.3 is 5.97 Å². The van der Waals surface area contributed by atoms with Gasteiger partial charge in [-0.2, -0.15) is 0 Å². The number of carbonyl (C=O) groups excluding carboxylic acids is 2. The molecule has 0 aliphatic carbocycles. The third kappa shape index (κ3) is 3.55. The summed E-state index contributed by atoms with van der Waals surface area (Å²) in [6.45, 7) is 0. The minimum absolute atomic E-state index is 0.0786. The van der Waals surface area contributed by atoms with E-state index in [1.165, 1.54) is 0 Å². The molecule has 172 valence electrons. The molecule has 2 aliphatic rings. The molecule has 0 aromatic heterocycles. The third-order valence-corrected chi connectivity index (χ3v) is 6.02. The Labute approximate surface area is 196 Å². The second-order valence-electron chi connectivity index (χ2n) is 7.87. The molecule has 2 heterocycles. The molecule has 0 radical (unpaired) electrons. The molecule has 0 amide bonds. The molecule has 2 aliphatic heterocycles. The van der Waals surface area contributed by atoms with Crippen LogP contribution < -0.4 is 23.7 Å². The molecule has 0 saturated carbocycles. The van der Waals surface area contributed by atoms with E-state index in [1.807, 2.05) is 30.3 Å². The molecule has 7 nitrogen and oxygen atoms in total. The highest BCUT2D eigenvalue weighted by atomic mass is 16.5. The third-order valence-electron chi connectivity index (χ3n) is 6.02. The number of Topliss-reactive ketones (excluding diaryl/α,β-unsaturated/α-hetero) is 1. The SMILES string of the molecule is COc1ccc(C2CC(=O)Oc3ccc4c(c32)OC(=Cc2ccccc2OC)C4=O)c(OC)c1. The normalized spacial score (nSPS) is 17.5. The standard InChI is InChI=1S/C27H22O7/c1-30-16-8-9-17(22(13-16)32-3)19-14-24(28)33-21-11-10-18-26(29)23(34-27(18)25(19)21)12-15-6-4-5-7-20(15)31-2/h4-13,19H,14H2,1-3H3. The van der Waals surface area contributed by atoms with Crippen molar-refractivity contribution in [3.8, 4) is 28.7 Å². The highest BCUT2D eigenvalue weighted by molar-refractivity contribution is 6.15. The summed E-state index contributed by atoms with van der Waals surface area (Å²) in [7, 11) is 4.70. The van der Waals surface area contributed by atoms with E-state index in [9.17, 15) is 9.59 Å². The van der Waals surface area contributed by atoms with Crippen LogP contribution in [0, 0.1) is 0 Å². The highest BCUT2D eigenvalue weighted by Gasteiger charge is 2.39. The van der Waals surface area contributed by atoms with Crippen molar-refractivity contribution in [3.05, 3.63) is 82.6 Å². The lowest BCUT2D eigenvalue weighted by atomic mass is 9.84. The molecular formula is C27H22O7. The topological polar surface area (TPSA) is 80.3 Å². The molecule has 7 heteroatoms. The van der Waals surface area contributed by atoms with Crippen molar-refractivity contribution in [2.75, 3.05) is 21.3 Å². The van der Waals surface area contributed by atoms with E-state index in [1.54, 1.807) is 51.7 Å². The summed E-state index contributed by atoms with van der Waals surface area (Å²) in [5.41, 5.74) is 2.54. The van der Waals surface area contributed by atoms with Gasteiger partial charge in [-0.1, -0.05) is 24.3 Å². The van der Waals surface area contributed by atoms with Gasteiger partial charge in [-0.3, -0.25) is 9.59 Å². The van der Waals surface area contributed by atoms with Crippen LogP contribution in [0.15, 0.2) is 60.4 Å². The quantitative estimate of drug-likeness (QED) is 0.310. The lowest BCUT2D eigenvalue weighted by Crippen LogP contribution is -2.22. The van der Waals surface area contributed by atoms with Crippen LogP contribution in [-0.4, -0.2) is 33.1 Å². The van der Waals surface area contributed by atoms with E-state index in [4.69, 9.17) is 23.7 Å². The van der Waals surface area contributed by atoms with Crippen LogP contribution in [0.3, 0.4) is 0 Å². The van der Waals surface area contributed by atoms with Gasteiger partial charge in [0.2, 0.25) is 5.78 Å². The van der Waals surface area contributed by atoms with Crippen molar-refractivity contribution in [2.45, 2.75) is 12.3 Å². The van der Waals surface area contributed by atoms with E-state index >= 15 is 0 Å². The number of allylic oxidation sites excluding steroid dienone is 1. The van der Waals surface area contributed by atoms with Crippen molar-refractivity contribution < 1.29 is 33.3 Å². The molecule has 3 aromatic rings. The molecule has 0 saturated heterocycles. The maximum Gasteiger partial charge on any atom is 0.312 e. The summed E-state index contributed by atoms with van der Waals surface area (Å²) >= 11 is 0. The molecule has 0 N–H and O–H groups in total. The van der Waals surface area contributed by atoms with Crippen LogP contribution in [0.1, 0.15) is 39.4 Å². The van der Waals surface area contributed by atoms with Gasteiger partial charge in [-0.05, 0) is 30.3 Å². The fraction of sp³-hybridized carbons (Fsp3) is 0.185. The van der Waals surface area contributed by atoms with Gasteiger partial charge in [0, 0.05) is 28.7 Å². The van der Waals surface area contributed by atoms with Crippen LogP contribution in [0.2, 0.25) is 0 Å². The predicted molar refractivity (Wildman–Crippen MR) is 124 cm³/mol. The second-order valence-corrected chi connectivity index (χ2v) is 7.87.